The largest absolute Gasteiger partial charge is 0.495 e. The maximum Gasteiger partial charge on any atom is 0.305 e. The highest BCUT2D eigenvalue weighted by Gasteiger charge is 2.16. The SMILES string of the molecule is COc1cc(NCc2cccc([N+](=O)[O-])c2F)ccc1Cl. The third-order valence-corrected chi connectivity index (χ3v) is 3.20. The lowest BCUT2D eigenvalue weighted by Crippen LogP contribution is -2.04. The molecule has 7 heteroatoms. The van der Waals surface area contributed by atoms with Crippen LogP contribution in [0.25, 0.3) is 0 Å². The zero-order chi connectivity index (χ0) is 15.4. The van der Waals surface area contributed by atoms with Crippen molar-refractivity contribution in [1.29, 1.82) is 0 Å². The van der Waals surface area contributed by atoms with Crippen molar-refractivity contribution in [2.45, 2.75) is 6.54 Å². The number of anilines is 1. The highest BCUT2D eigenvalue weighted by molar-refractivity contribution is 6.32. The normalized spacial score (nSPS) is 10.2. The van der Waals surface area contributed by atoms with Gasteiger partial charge in [0.2, 0.25) is 5.82 Å². The van der Waals surface area contributed by atoms with Crippen LogP contribution in [0.1, 0.15) is 5.56 Å². The van der Waals surface area contributed by atoms with E-state index in [0.29, 0.717) is 16.5 Å². The minimum atomic E-state index is -0.837. The fourth-order valence-electron chi connectivity index (χ4n) is 1.81. The van der Waals surface area contributed by atoms with Gasteiger partial charge in [0.05, 0.1) is 17.1 Å². The van der Waals surface area contributed by atoms with E-state index < -0.39 is 16.4 Å². The Balaban J connectivity index is 2.17. The van der Waals surface area contributed by atoms with E-state index in [4.69, 9.17) is 16.3 Å². The van der Waals surface area contributed by atoms with E-state index in [0.717, 1.165) is 6.07 Å². The van der Waals surface area contributed by atoms with E-state index in [2.05, 4.69) is 5.32 Å². The molecule has 0 spiro atoms. The van der Waals surface area contributed by atoms with Gasteiger partial charge in [0.15, 0.2) is 0 Å². The second-order valence-corrected chi connectivity index (χ2v) is 4.62. The molecule has 0 aliphatic carbocycles. The highest BCUT2D eigenvalue weighted by atomic mass is 35.5. The molecule has 0 saturated heterocycles. The van der Waals surface area contributed by atoms with Gasteiger partial charge in [-0.3, -0.25) is 10.1 Å². The van der Waals surface area contributed by atoms with Gasteiger partial charge in [-0.15, -0.1) is 0 Å². The fourth-order valence-corrected chi connectivity index (χ4v) is 2.01. The monoisotopic (exact) mass is 310 g/mol. The summed E-state index contributed by atoms with van der Waals surface area (Å²) in [5, 5.41) is 14.1. The summed E-state index contributed by atoms with van der Waals surface area (Å²) in [6, 6.07) is 9.08. The molecule has 5 nitrogen and oxygen atoms in total. The van der Waals surface area contributed by atoms with Gasteiger partial charge in [0, 0.05) is 29.9 Å². The minimum absolute atomic E-state index is 0.109. The molecule has 1 N–H and O–H groups in total. The van der Waals surface area contributed by atoms with Gasteiger partial charge in [0.25, 0.3) is 0 Å². The molecule has 0 aliphatic rings. The first-order valence-corrected chi connectivity index (χ1v) is 6.40. The number of nitro benzene ring substituents is 1. The molecule has 0 unspecified atom stereocenters. The lowest BCUT2D eigenvalue weighted by Gasteiger charge is -2.10. The first-order valence-electron chi connectivity index (χ1n) is 6.02. The van der Waals surface area contributed by atoms with Crippen molar-refractivity contribution in [2.24, 2.45) is 0 Å². The summed E-state index contributed by atoms with van der Waals surface area (Å²) in [6.45, 7) is 0.109. The number of methoxy groups -OCH3 is 1. The van der Waals surface area contributed by atoms with Crippen molar-refractivity contribution in [3.05, 3.63) is 62.9 Å². The van der Waals surface area contributed by atoms with Crippen molar-refractivity contribution in [3.8, 4) is 5.75 Å². The summed E-state index contributed by atoms with van der Waals surface area (Å²) in [4.78, 5) is 9.94. The number of nitrogens with zero attached hydrogens (tertiary/aromatic N) is 1. The molecule has 0 aliphatic heterocycles. The Bertz CT molecular complexity index is 679. The van der Waals surface area contributed by atoms with Gasteiger partial charge in [-0.25, -0.2) is 0 Å². The molecule has 110 valence electrons. The summed E-state index contributed by atoms with van der Waals surface area (Å²) in [5.41, 5.74) is 0.336. The molecule has 0 bridgehead atoms. The summed E-state index contributed by atoms with van der Waals surface area (Å²) in [7, 11) is 1.49. The molecule has 0 radical (unpaired) electrons. The third kappa shape index (κ3) is 3.41. The first-order chi connectivity index (χ1) is 10.0. The first kappa shape index (κ1) is 15.1. The predicted molar refractivity (Wildman–Crippen MR) is 78.4 cm³/mol. The zero-order valence-electron chi connectivity index (χ0n) is 11.1. The highest BCUT2D eigenvalue weighted by Crippen LogP contribution is 2.28. The Morgan fingerprint density at radius 3 is 2.81 bits per heavy atom. The van der Waals surface area contributed by atoms with Crippen LogP contribution >= 0.6 is 11.6 Å². The number of nitro groups is 1. The van der Waals surface area contributed by atoms with Crippen molar-refractivity contribution in [1.82, 2.24) is 0 Å². The summed E-state index contributed by atoms with van der Waals surface area (Å²) >= 11 is 5.91. The lowest BCUT2D eigenvalue weighted by atomic mass is 10.2. The maximum absolute atomic E-state index is 13.9. The van der Waals surface area contributed by atoms with E-state index in [1.807, 2.05) is 0 Å². The molecule has 0 saturated carbocycles. The average molecular weight is 311 g/mol. The number of nitrogens with one attached hydrogen (secondary N) is 1. The number of halogens is 2. The van der Waals surface area contributed by atoms with Crippen LogP contribution in [-0.2, 0) is 6.54 Å². The van der Waals surface area contributed by atoms with Gasteiger partial charge in [-0.1, -0.05) is 23.7 Å². The topological polar surface area (TPSA) is 64.4 Å². The summed E-state index contributed by atoms with van der Waals surface area (Å²) < 4.78 is 19.0. The van der Waals surface area contributed by atoms with Crippen LogP contribution in [0.4, 0.5) is 15.8 Å². The molecular weight excluding hydrogens is 299 g/mol. The van der Waals surface area contributed by atoms with Crippen LogP contribution in [0, 0.1) is 15.9 Å². The quantitative estimate of drug-likeness (QED) is 0.669. The molecule has 0 aromatic heterocycles. The molecule has 0 fully saturated rings. The van der Waals surface area contributed by atoms with E-state index in [-0.39, 0.29) is 12.1 Å². The zero-order valence-corrected chi connectivity index (χ0v) is 11.9. The van der Waals surface area contributed by atoms with E-state index >= 15 is 0 Å². The van der Waals surface area contributed by atoms with Crippen LogP contribution in [0.15, 0.2) is 36.4 Å². The Kier molecular flexibility index (Phi) is 4.59. The van der Waals surface area contributed by atoms with Crippen LogP contribution in [-0.4, -0.2) is 12.0 Å². The van der Waals surface area contributed by atoms with Crippen molar-refractivity contribution < 1.29 is 14.1 Å². The van der Waals surface area contributed by atoms with E-state index in [9.17, 15) is 14.5 Å². The predicted octanol–water partition coefficient (Wildman–Crippen LogP) is 4.01. The molecular formula is C14H12ClFN2O3. The van der Waals surface area contributed by atoms with Gasteiger partial charge in [-0.05, 0) is 12.1 Å². The molecule has 2 aromatic carbocycles. The molecule has 0 heterocycles. The van der Waals surface area contributed by atoms with Crippen molar-refractivity contribution in [2.75, 3.05) is 12.4 Å². The van der Waals surface area contributed by atoms with Gasteiger partial charge < -0.3 is 10.1 Å². The van der Waals surface area contributed by atoms with E-state index in [1.165, 1.54) is 19.2 Å². The Hall–Kier alpha value is -2.34. The standard InChI is InChI=1S/C14H12ClFN2O3/c1-21-13-7-10(5-6-11(13)15)17-8-9-3-2-4-12(14(9)16)18(19)20/h2-7,17H,8H2,1H3. The maximum atomic E-state index is 13.9. The van der Waals surface area contributed by atoms with Crippen molar-refractivity contribution >= 4 is 23.0 Å². The van der Waals surface area contributed by atoms with Gasteiger partial charge in [-0.2, -0.15) is 4.39 Å². The molecule has 21 heavy (non-hydrogen) atoms. The van der Waals surface area contributed by atoms with Gasteiger partial charge in [0.1, 0.15) is 5.75 Å². The lowest BCUT2D eigenvalue weighted by molar-refractivity contribution is -0.387. The Morgan fingerprint density at radius 1 is 1.38 bits per heavy atom. The summed E-state index contributed by atoms with van der Waals surface area (Å²) in [6.07, 6.45) is 0. The minimum Gasteiger partial charge on any atom is -0.495 e. The van der Waals surface area contributed by atoms with Crippen LogP contribution < -0.4 is 10.1 Å². The molecule has 0 amide bonds. The van der Waals surface area contributed by atoms with Crippen LogP contribution in [0.2, 0.25) is 5.02 Å². The Morgan fingerprint density at radius 2 is 2.14 bits per heavy atom. The van der Waals surface area contributed by atoms with Crippen molar-refractivity contribution in [3.63, 3.8) is 0 Å². The second-order valence-electron chi connectivity index (χ2n) is 4.21. The Labute approximate surface area is 125 Å². The van der Waals surface area contributed by atoms with E-state index in [1.54, 1.807) is 18.2 Å². The second kappa shape index (κ2) is 6.41. The van der Waals surface area contributed by atoms with Crippen LogP contribution in [0.5, 0.6) is 5.75 Å². The number of rotatable bonds is 5. The molecule has 2 aromatic rings. The fraction of sp³-hybridized carbons (Fsp3) is 0.143. The number of ether oxygens (including phenoxy) is 1. The molecule has 2 rings (SSSR count). The number of hydrogen-bond donors (Lipinski definition) is 1. The van der Waals surface area contributed by atoms with Gasteiger partial charge >= 0.3 is 5.69 Å². The van der Waals surface area contributed by atoms with Crippen LogP contribution in [0.3, 0.4) is 0 Å². The number of hydrogen-bond acceptors (Lipinski definition) is 4. The smallest absolute Gasteiger partial charge is 0.305 e. The average Bonchev–Trinajstić information content (AvgIpc) is 2.47. The molecule has 0 atom stereocenters. The number of benzene rings is 2. The third-order valence-electron chi connectivity index (χ3n) is 2.89. The summed E-state index contributed by atoms with van der Waals surface area (Å²) in [5.74, 6) is -0.350.